The predicted octanol–water partition coefficient (Wildman–Crippen LogP) is 3.74. The Kier molecular flexibility index (Phi) is 7.06. The van der Waals surface area contributed by atoms with E-state index in [1.54, 1.807) is 20.8 Å². The third-order valence-electron chi connectivity index (χ3n) is 4.69. The number of benzene rings is 1. The molecule has 1 saturated heterocycles. The highest BCUT2D eigenvalue weighted by Gasteiger charge is 2.37. The van der Waals surface area contributed by atoms with Crippen LogP contribution in [0.5, 0.6) is 0 Å². The van der Waals surface area contributed by atoms with Gasteiger partial charge < -0.3 is 14.8 Å². The van der Waals surface area contributed by atoms with Gasteiger partial charge in [0.2, 0.25) is 5.91 Å². The van der Waals surface area contributed by atoms with Gasteiger partial charge in [0.1, 0.15) is 11.6 Å². The standard InChI is InChI=1S/C22H30N2O5/c1-14-8-7-9-15(2)19(14)23-20(26)17-12-16(13-18(25)28-6)10-11-24(17)21(27)29-22(3,4)5/h7-9,13,17H,10-12H2,1-6H3,(H,23,26)/t17-/m0/s1. The zero-order chi connectivity index (χ0) is 21.8. The number of methoxy groups -OCH3 is 1. The van der Waals surface area contributed by atoms with Gasteiger partial charge in [-0.25, -0.2) is 9.59 Å². The van der Waals surface area contributed by atoms with E-state index in [1.165, 1.54) is 18.1 Å². The van der Waals surface area contributed by atoms with Crippen LogP contribution in [0, 0.1) is 13.8 Å². The summed E-state index contributed by atoms with van der Waals surface area (Å²) in [6.07, 6.45) is 1.56. The number of nitrogens with zero attached hydrogens (tertiary/aromatic N) is 1. The van der Waals surface area contributed by atoms with E-state index >= 15 is 0 Å². The molecule has 1 N–H and O–H groups in total. The maximum Gasteiger partial charge on any atom is 0.410 e. The number of hydrogen-bond donors (Lipinski definition) is 1. The molecule has 0 radical (unpaired) electrons. The molecule has 2 rings (SSSR count). The Morgan fingerprint density at radius 2 is 1.79 bits per heavy atom. The number of piperidine rings is 1. The van der Waals surface area contributed by atoms with Crippen molar-refractivity contribution in [1.82, 2.24) is 4.90 Å². The van der Waals surface area contributed by atoms with E-state index in [0.29, 0.717) is 6.42 Å². The van der Waals surface area contributed by atoms with E-state index < -0.39 is 23.7 Å². The summed E-state index contributed by atoms with van der Waals surface area (Å²) in [6, 6.07) is 4.97. The van der Waals surface area contributed by atoms with E-state index in [2.05, 4.69) is 5.32 Å². The molecule has 158 valence electrons. The van der Waals surface area contributed by atoms with Crippen molar-refractivity contribution in [3.05, 3.63) is 41.0 Å². The highest BCUT2D eigenvalue weighted by molar-refractivity contribution is 5.98. The van der Waals surface area contributed by atoms with Crippen LogP contribution in [0.15, 0.2) is 29.8 Å². The third-order valence-corrected chi connectivity index (χ3v) is 4.69. The van der Waals surface area contributed by atoms with E-state index in [4.69, 9.17) is 9.47 Å². The first-order valence-corrected chi connectivity index (χ1v) is 9.66. The van der Waals surface area contributed by atoms with Crippen molar-refractivity contribution >= 4 is 23.7 Å². The number of carbonyl (C=O) groups excluding carboxylic acids is 3. The molecular formula is C22H30N2O5. The normalized spacial score (nSPS) is 18.3. The molecule has 1 aromatic carbocycles. The Balaban J connectivity index is 2.30. The van der Waals surface area contributed by atoms with Crippen molar-refractivity contribution in [2.24, 2.45) is 0 Å². The quantitative estimate of drug-likeness (QED) is 0.615. The number of rotatable bonds is 3. The van der Waals surface area contributed by atoms with Crippen molar-refractivity contribution in [3.8, 4) is 0 Å². The molecule has 0 saturated carbocycles. The number of anilines is 1. The summed E-state index contributed by atoms with van der Waals surface area (Å²) in [4.78, 5) is 38.9. The summed E-state index contributed by atoms with van der Waals surface area (Å²) in [7, 11) is 1.31. The van der Waals surface area contributed by atoms with Gasteiger partial charge in [-0.05, 0) is 58.6 Å². The predicted molar refractivity (Wildman–Crippen MR) is 111 cm³/mol. The van der Waals surface area contributed by atoms with Crippen LogP contribution in [0.4, 0.5) is 10.5 Å². The molecule has 1 fully saturated rings. The summed E-state index contributed by atoms with van der Waals surface area (Å²) >= 11 is 0. The van der Waals surface area contributed by atoms with Crippen LogP contribution in [-0.2, 0) is 19.1 Å². The minimum absolute atomic E-state index is 0.241. The number of aryl methyl sites for hydroxylation is 2. The monoisotopic (exact) mass is 402 g/mol. The van der Waals surface area contributed by atoms with Gasteiger partial charge in [-0.1, -0.05) is 23.8 Å². The van der Waals surface area contributed by atoms with Gasteiger partial charge in [0.25, 0.3) is 0 Å². The Hall–Kier alpha value is -2.83. The van der Waals surface area contributed by atoms with Crippen LogP contribution in [0.25, 0.3) is 0 Å². The minimum atomic E-state index is -0.784. The SMILES string of the molecule is COC(=O)C=C1CCN(C(=O)OC(C)(C)C)[C@H](C(=O)Nc2c(C)cccc2C)C1. The number of esters is 1. The van der Waals surface area contributed by atoms with Gasteiger partial charge in [-0.3, -0.25) is 9.69 Å². The second-order valence-corrected chi connectivity index (χ2v) is 8.23. The highest BCUT2D eigenvalue weighted by atomic mass is 16.6. The Morgan fingerprint density at radius 1 is 1.17 bits per heavy atom. The van der Waals surface area contributed by atoms with E-state index in [9.17, 15) is 14.4 Å². The van der Waals surface area contributed by atoms with Crippen LogP contribution >= 0.6 is 0 Å². The van der Waals surface area contributed by atoms with Crippen LogP contribution in [0.1, 0.15) is 44.7 Å². The molecule has 0 unspecified atom stereocenters. The fourth-order valence-corrected chi connectivity index (χ4v) is 3.23. The van der Waals surface area contributed by atoms with Crippen molar-refractivity contribution in [3.63, 3.8) is 0 Å². The summed E-state index contributed by atoms with van der Waals surface area (Å²) in [5, 5.41) is 2.95. The lowest BCUT2D eigenvalue weighted by atomic mass is 9.95. The lowest BCUT2D eigenvalue weighted by molar-refractivity contribution is -0.135. The molecule has 0 aliphatic carbocycles. The van der Waals surface area contributed by atoms with Gasteiger partial charge >= 0.3 is 12.1 Å². The molecule has 1 aliphatic heterocycles. The van der Waals surface area contributed by atoms with E-state index in [0.717, 1.165) is 22.4 Å². The first-order valence-electron chi connectivity index (χ1n) is 9.66. The number of carbonyl (C=O) groups is 3. The molecule has 2 amide bonds. The number of para-hydroxylation sites is 1. The van der Waals surface area contributed by atoms with Gasteiger partial charge in [-0.2, -0.15) is 0 Å². The zero-order valence-corrected chi connectivity index (χ0v) is 18.0. The average molecular weight is 402 g/mol. The highest BCUT2D eigenvalue weighted by Crippen LogP contribution is 2.27. The fraction of sp³-hybridized carbons (Fsp3) is 0.500. The molecule has 1 atom stereocenters. The summed E-state index contributed by atoms with van der Waals surface area (Å²) < 4.78 is 10.2. The molecule has 7 nitrogen and oxygen atoms in total. The van der Waals surface area contributed by atoms with Gasteiger partial charge in [0.05, 0.1) is 7.11 Å². The molecule has 1 aromatic rings. The second kappa shape index (κ2) is 9.11. The Labute approximate surface area is 172 Å². The molecular weight excluding hydrogens is 372 g/mol. The van der Waals surface area contributed by atoms with Crippen LogP contribution in [0.2, 0.25) is 0 Å². The molecule has 0 spiro atoms. The van der Waals surface area contributed by atoms with Gasteiger partial charge in [0, 0.05) is 18.3 Å². The third kappa shape index (κ3) is 6.07. The van der Waals surface area contributed by atoms with Crippen molar-refractivity contribution in [2.45, 2.75) is 59.1 Å². The largest absolute Gasteiger partial charge is 0.466 e. The maximum absolute atomic E-state index is 13.1. The Morgan fingerprint density at radius 3 is 2.34 bits per heavy atom. The van der Waals surface area contributed by atoms with Gasteiger partial charge in [0.15, 0.2) is 0 Å². The molecule has 29 heavy (non-hydrogen) atoms. The number of ether oxygens (including phenoxy) is 2. The summed E-state index contributed by atoms with van der Waals surface area (Å²) in [5.41, 5.74) is 2.68. The smallest absolute Gasteiger partial charge is 0.410 e. The van der Waals surface area contributed by atoms with E-state index in [-0.39, 0.29) is 18.9 Å². The first-order chi connectivity index (χ1) is 13.5. The molecule has 7 heteroatoms. The first kappa shape index (κ1) is 22.5. The van der Waals surface area contributed by atoms with Crippen LogP contribution < -0.4 is 5.32 Å². The fourth-order valence-electron chi connectivity index (χ4n) is 3.23. The summed E-state index contributed by atoms with van der Waals surface area (Å²) in [6.45, 7) is 9.45. The van der Waals surface area contributed by atoms with Crippen LogP contribution in [0.3, 0.4) is 0 Å². The lowest BCUT2D eigenvalue weighted by Crippen LogP contribution is -2.52. The molecule has 1 heterocycles. The number of amides is 2. The second-order valence-electron chi connectivity index (χ2n) is 8.23. The Bertz CT molecular complexity index is 803. The summed E-state index contributed by atoms with van der Waals surface area (Å²) in [5.74, 6) is -0.789. The van der Waals surface area contributed by atoms with Crippen molar-refractivity contribution in [2.75, 3.05) is 19.0 Å². The molecule has 0 aromatic heterocycles. The van der Waals surface area contributed by atoms with Crippen LogP contribution in [-0.4, -0.2) is 48.2 Å². The maximum atomic E-state index is 13.1. The van der Waals surface area contributed by atoms with Crippen molar-refractivity contribution < 1.29 is 23.9 Å². The number of nitrogens with one attached hydrogen (secondary N) is 1. The lowest BCUT2D eigenvalue weighted by Gasteiger charge is -2.37. The molecule has 1 aliphatic rings. The molecule has 0 bridgehead atoms. The zero-order valence-electron chi connectivity index (χ0n) is 18.0. The topological polar surface area (TPSA) is 84.9 Å². The number of likely N-dealkylation sites (tertiary alicyclic amines) is 1. The minimum Gasteiger partial charge on any atom is -0.466 e. The van der Waals surface area contributed by atoms with Crippen molar-refractivity contribution in [1.29, 1.82) is 0 Å². The average Bonchev–Trinajstić information content (AvgIpc) is 2.63. The number of hydrogen-bond acceptors (Lipinski definition) is 5. The van der Waals surface area contributed by atoms with Gasteiger partial charge in [-0.15, -0.1) is 0 Å². The van der Waals surface area contributed by atoms with E-state index in [1.807, 2.05) is 32.0 Å².